The number of nitrogens with zero attached hydrogens (tertiary/aromatic N) is 3. The highest BCUT2D eigenvalue weighted by Crippen LogP contribution is 2.40. The molecular weight excluding hydrogens is 335 g/mol. The highest BCUT2D eigenvalue weighted by molar-refractivity contribution is 7.51. The molecule has 0 aliphatic carbocycles. The molecule has 3 N–H and O–H groups in total. The van der Waals surface area contributed by atoms with Crippen LogP contribution in [0.2, 0.25) is 0 Å². The van der Waals surface area contributed by atoms with Crippen molar-refractivity contribution in [2.75, 3.05) is 31.3 Å². The van der Waals surface area contributed by atoms with Gasteiger partial charge in [-0.25, -0.2) is 5.10 Å². The molecule has 0 bridgehead atoms. The number of piperidine rings is 1. The number of fused-ring (bicyclic) bond motifs is 1. The van der Waals surface area contributed by atoms with Crippen molar-refractivity contribution in [1.29, 1.82) is 0 Å². The molecule has 1 saturated heterocycles. The van der Waals surface area contributed by atoms with Crippen LogP contribution in [0.4, 0.5) is 5.82 Å². The third kappa shape index (κ3) is 3.58. The zero-order valence-corrected chi connectivity index (χ0v) is 14.1. The quantitative estimate of drug-likeness (QED) is 0.685. The summed E-state index contributed by atoms with van der Waals surface area (Å²) in [4.78, 5) is 36.5. The topological polar surface area (TPSA) is 129 Å². The van der Waals surface area contributed by atoms with Crippen LogP contribution in [0, 0.1) is 5.92 Å². The number of ether oxygens (including phenoxy) is 1. The zero-order chi connectivity index (χ0) is 17.3. The molecule has 1 fully saturated rings. The first-order chi connectivity index (χ1) is 11.4. The first-order valence-electron chi connectivity index (χ1n) is 7.59. The van der Waals surface area contributed by atoms with E-state index in [0.29, 0.717) is 42.5 Å². The predicted molar refractivity (Wildman–Crippen MR) is 88.6 cm³/mol. The van der Waals surface area contributed by atoms with Crippen molar-refractivity contribution >= 4 is 24.2 Å². The standard InChI is InChI=1S/C14H19N4O5P/c1-23-14-12-10(7-15-17-13(12)19)6-11(16-14)18-4-2-9(3-5-18)8-24(20,21)22/h6-7,9H,2-5,8H2,1H3,(H,17,19)(H2,20,21,22). The van der Waals surface area contributed by atoms with E-state index in [4.69, 9.17) is 14.5 Å². The van der Waals surface area contributed by atoms with Crippen LogP contribution in [0.1, 0.15) is 12.8 Å². The second kappa shape index (κ2) is 6.51. The molecule has 3 rings (SSSR count). The molecule has 3 heterocycles. The second-order valence-corrected chi connectivity index (χ2v) is 7.63. The van der Waals surface area contributed by atoms with Gasteiger partial charge in [-0.15, -0.1) is 0 Å². The monoisotopic (exact) mass is 354 g/mol. The Kier molecular flexibility index (Phi) is 4.58. The van der Waals surface area contributed by atoms with Gasteiger partial charge in [0.1, 0.15) is 11.2 Å². The minimum atomic E-state index is -3.98. The summed E-state index contributed by atoms with van der Waals surface area (Å²) in [5.74, 6) is 0.916. The SMILES string of the molecule is COc1nc(N2CCC(CP(=O)(O)O)CC2)cc2cn[nH]c(=O)c12. The molecule has 0 amide bonds. The molecule has 0 spiro atoms. The van der Waals surface area contributed by atoms with E-state index in [-0.39, 0.29) is 23.5 Å². The fraction of sp³-hybridized carbons (Fsp3) is 0.500. The third-order valence-electron chi connectivity index (χ3n) is 4.23. The molecule has 0 radical (unpaired) electrons. The molecule has 0 saturated carbocycles. The summed E-state index contributed by atoms with van der Waals surface area (Å²) in [6.45, 7) is 1.28. The van der Waals surface area contributed by atoms with Crippen molar-refractivity contribution in [2.45, 2.75) is 12.8 Å². The summed E-state index contributed by atoms with van der Waals surface area (Å²) in [6, 6.07) is 1.78. The molecule has 2 aromatic heterocycles. The van der Waals surface area contributed by atoms with Crippen LogP contribution in [0.3, 0.4) is 0 Å². The zero-order valence-electron chi connectivity index (χ0n) is 13.2. The first-order valence-corrected chi connectivity index (χ1v) is 9.39. The number of pyridine rings is 1. The minimum Gasteiger partial charge on any atom is -0.480 e. The highest BCUT2D eigenvalue weighted by atomic mass is 31.2. The van der Waals surface area contributed by atoms with Gasteiger partial charge in [0.15, 0.2) is 0 Å². The molecule has 0 atom stereocenters. The Morgan fingerprint density at radius 2 is 2.12 bits per heavy atom. The lowest BCUT2D eigenvalue weighted by molar-refractivity contribution is 0.346. The molecule has 24 heavy (non-hydrogen) atoms. The summed E-state index contributed by atoms with van der Waals surface area (Å²) in [5, 5.41) is 7.15. The average Bonchev–Trinajstić information content (AvgIpc) is 2.53. The van der Waals surface area contributed by atoms with E-state index in [1.54, 1.807) is 12.3 Å². The van der Waals surface area contributed by atoms with Gasteiger partial charge < -0.3 is 19.4 Å². The van der Waals surface area contributed by atoms with Crippen LogP contribution in [0.15, 0.2) is 17.1 Å². The van der Waals surface area contributed by atoms with Gasteiger partial charge >= 0.3 is 7.60 Å². The maximum Gasteiger partial charge on any atom is 0.325 e. The van der Waals surface area contributed by atoms with Crippen molar-refractivity contribution in [1.82, 2.24) is 15.2 Å². The molecule has 1 aliphatic heterocycles. The van der Waals surface area contributed by atoms with Crippen LogP contribution in [-0.4, -0.2) is 51.3 Å². The van der Waals surface area contributed by atoms with E-state index < -0.39 is 7.60 Å². The van der Waals surface area contributed by atoms with Crippen LogP contribution in [0.5, 0.6) is 5.88 Å². The van der Waals surface area contributed by atoms with E-state index in [9.17, 15) is 9.36 Å². The lowest BCUT2D eigenvalue weighted by atomic mass is 9.99. The smallest absolute Gasteiger partial charge is 0.325 e. The third-order valence-corrected chi connectivity index (χ3v) is 5.22. The van der Waals surface area contributed by atoms with Gasteiger partial charge in [0.2, 0.25) is 5.88 Å². The molecule has 0 aromatic carbocycles. The Balaban J connectivity index is 1.84. The van der Waals surface area contributed by atoms with Crippen LogP contribution >= 0.6 is 7.60 Å². The average molecular weight is 354 g/mol. The molecule has 2 aromatic rings. The fourth-order valence-electron chi connectivity index (χ4n) is 3.06. The number of hydrogen-bond acceptors (Lipinski definition) is 6. The largest absolute Gasteiger partial charge is 0.480 e. The lowest BCUT2D eigenvalue weighted by Gasteiger charge is -2.33. The summed E-state index contributed by atoms with van der Waals surface area (Å²) >= 11 is 0. The van der Waals surface area contributed by atoms with Gasteiger partial charge in [-0.1, -0.05) is 0 Å². The Hall–Kier alpha value is -1.96. The predicted octanol–water partition coefficient (Wildman–Crippen LogP) is 0.721. The summed E-state index contributed by atoms with van der Waals surface area (Å²) in [7, 11) is -2.52. The second-order valence-electron chi connectivity index (χ2n) is 5.93. The number of nitrogens with one attached hydrogen (secondary N) is 1. The van der Waals surface area contributed by atoms with E-state index in [2.05, 4.69) is 15.2 Å². The molecule has 0 unspecified atom stereocenters. The van der Waals surface area contributed by atoms with Crippen LogP contribution in [-0.2, 0) is 4.57 Å². The number of anilines is 1. The Morgan fingerprint density at radius 3 is 2.75 bits per heavy atom. The van der Waals surface area contributed by atoms with Gasteiger partial charge in [0.05, 0.1) is 19.5 Å². The molecule has 1 aliphatic rings. The van der Waals surface area contributed by atoms with Crippen LogP contribution < -0.4 is 15.2 Å². The Bertz CT molecular complexity index is 841. The van der Waals surface area contributed by atoms with E-state index >= 15 is 0 Å². The molecular formula is C14H19N4O5P. The van der Waals surface area contributed by atoms with E-state index in [0.717, 1.165) is 0 Å². The fourth-order valence-corrected chi connectivity index (χ4v) is 4.10. The van der Waals surface area contributed by atoms with Crippen molar-refractivity contribution in [2.24, 2.45) is 5.92 Å². The first kappa shape index (κ1) is 16.9. The van der Waals surface area contributed by atoms with Crippen LogP contribution in [0.25, 0.3) is 10.8 Å². The van der Waals surface area contributed by atoms with Gasteiger partial charge in [0.25, 0.3) is 5.56 Å². The molecule has 10 heteroatoms. The van der Waals surface area contributed by atoms with Gasteiger partial charge in [-0.05, 0) is 24.8 Å². The Labute approximate surface area is 137 Å². The van der Waals surface area contributed by atoms with Gasteiger partial charge in [-0.2, -0.15) is 10.1 Å². The summed E-state index contributed by atoms with van der Waals surface area (Å²) in [6.07, 6.45) is 2.83. The number of hydrogen-bond donors (Lipinski definition) is 3. The maximum atomic E-state index is 11.9. The molecule has 130 valence electrons. The lowest BCUT2D eigenvalue weighted by Crippen LogP contribution is -2.35. The van der Waals surface area contributed by atoms with Crippen molar-refractivity contribution in [3.8, 4) is 5.88 Å². The van der Waals surface area contributed by atoms with Crippen molar-refractivity contribution in [3.63, 3.8) is 0 Å². The normalized spacial score (nSPS) is 16.5. The number of aromatic amines is 1. The summed E-state index contributed by atoms with van der Waals surface area (Å²) < 4.78 is 16.4. The highest BCUT2D eigenvalue weighted by Gasteiger charge is 2.27. The minimum absolute atomic E-state index is 0.00828. The Morgan fingerprint density at radius 1 is 1.42 bits per heavy atom. The number of aromatic nitrogens is 3. The maximum absolute atomic E-state index is 11.9. The molecule has 9 nitrogen and oxygen atoms in total. The van der Waals surface area contributed by atoms with E-state index in [1.807, 2.05) is 4.90 Å². The number of H-pyrrole nitrogens is 1. The van der Waals surface area contributed by atoms with Crippen molar-refractivity contribution in [3.05, 3.63) is 22.6 Å². The van der Waals surface area contributed by atoms with Gasteiger partial charge in [-0.3, -0.25) is 9.36 Å². The summed E-state index contributed by atoms with van der Waals surface area (Å²) in [5.41, 5.74) is -0.358. The number of rotatable bonds is 4. The van der Waals surface area contributed by atoms with Crippen molar-refractivity contribution < 1.29 is 19.1 Å². The van der Waals surface area contributed by atoms with E-state index in [1.165, 1.54) is 7.11 Å². The van der Waals surface area contributed by atoms with Gasteiger partial charge in [0, 0.05) is 18.5 Å². The number of methoxy groups -OCH3 is 1.